The number of fused-ring (bicyclic) bond motifs is 1. The second-order valence-corrected chi connectivity index (χ2v) is 5.73. The monoisotopic (exact) mass is 329 g/mol. The van der Waals surface area contributed by atoms with Crippen LogP contribution in [0.4, 0.5) is 0 Å². The third-order valence-electron chi connectivity index (χ3n) is 4.02. The van der Waals surface area contributed by atoms with Gasteiger partial charge in [-0.2, -0.15) is 0 Å². The van der Waals surface area contributed by atoms with Crippen molar-refractivity contribution >= 4 is 28.7 Å². The molecule has 2 amide bonds. The first-order valence-corrected chi connectivity index (χ1v) is 7.91. The maximum atomic E-state index is 11.7. The first-order valence-electron chi connectivity index (χ1n) is 7.91. The van der Waals surface area contributed by atoms with Crippen molar-refractivity contribution in [1.29, 1.82) is 0 Å². The molecule has 3 rings (SSSR count). The van der Waals surface area contributed by atoms with Gasteiger partial charge in [-0.1, -0.05) is 18.2 Å². The highest BCUT2D eigenvalue weighted by Crippen LogP contribution is 2.17. The molecule has 0 bridgehead atoms. The number of hydrogen-bond acceptors (Lipinski definition) is 4. The molecule has 2 heterocycles. The van der Waals surface area contributed by atoms with E-state index >= 15 is 0 Å². The minimum atomic E-state index is -0.628. The zero-order valence-electron chi connectivity index (χ0n) is 13.1. The highest BCUT2D eigenvalue weighted by molar-refractivity contribution is 5.89. The number of H-pyrrole nitrogens is 1. The molecule has 0 spiro atoms. The lowest BCUT2D eigenvalue weighted by molar-refractivity contribution is -0.150. The van der Waals surface area contributed by atoms with Gasteiger partial charge in [-0.15, -0.1) is 0 Å². The Bertz CT molecular complexity index is 768. The van der Waals surface area contributed by atoms with Crippen molar-refractivity contribution in [1.82, 2.24) is 15.6 Å². The van der Waals surface area contributed by atoms with Crippen LogP contribution in [0.3, 0.4) is 0 Å². The predicted octanol–water partition coefficient (Wildman–Crippen LogP) is 0.648. The van der Waals surface area contributed by atoms with Crippen LogP contribution in [-0.2, 0) is 25.5 Å². The molecule has 1 atom stereocenters. The summed E-state index contributed by atoms with van der Waals surface area (Å²) in [7, 11) is 0. The van der Waals surface area contributed by atoms with Crippen LogP contribution < -0.4 is 10.6 Å². The molecule has 2 aromatic rings. The summed E-state index contributed by atoms with van der Waals surface area (Å²) in [4.78, 5) is 37.6. The van der Waals surface area contributed by atoms with Crippen molar-refractivity contribution < 1.29 is 19.1 Å². The smallest absolute Gasteiger partial charge is 0.329 e. The van der Waals surface area contributed by atoms with Gasteiger partial charge in [0.25, 0.3) is 5.91 Å². The molecule has 3 N–H and O–H groups in total. The van der Waals surface area contributed by atoms with Crippen LogP contribution in [-0.4, -0.2) is 42.0 Å². The normalized spacial score (nSPS) is 16.8. The number of rotatable bonds is 6. The zero-order chi connectivity index (χ0) is 16.9. The third kappa shape index (κ3) is 3.73. The average Bonchev–Trinajstić information content (AvgIpc) is 3.19. The molecule has 1 aliphatic rings. The van der Waals surface area contributed by atoms with Gasteiger partial charge < -0.3 is 20.4 Å². The lowest BCUT2D eigenvalue weighted by Gasteiger charge is -2.10. The second kappa shape index (κ2) is 7.16. The first kappa shape index (κ1) is 16.0. The second-order valence-electron chi connectivity index (χ2n) is 5.73. The molecule has 0 aliphatic carbocycles. The number of benzene rings is 1. The molecule has 7 heteroatoms. The van der Waals surface area contributed by atoms with Crippen LogP contribution in [0.5, 0.6) is 0 Å². The van der Waals surface area contributed by atoms with Gasteiger partial charge in [0.1, 0.15) is 6.04 Å². The maximum Gasteiger partial charge on any atom is 0.329 e. The van der Waals surface area contributed by atoms with E-state index < -0.39 is 12.0 Å². The predicted molar refractivity (Wildman–Crippen MR) is 87.1 cm³/mol. The number of para-hydroxylation sites is 1. The van der Waals surface area contributed by atoms with Gasteiger partial charge in [-0.05, 0) is 24.5 Å². The number of aromatic nitrogens is 1. The summed E-state index contributed by atoms with van der Waals surface area (Å²) in [5.41, 5.74) is 2.18. The van der Waals surface area contributed by atoms with Crippen molar-refractivity contribution in [2.45, 2.75) is 25.3 Å². The molecule has 1 saturated heterocycles. The van der Waals surface area contributed by atoms with Gasteiger partial charge in [0.15, 0.2) is 6.61 Å². The van der Waals surface area contributed by atoms with E-state index in [0.717, 1.165) is 16.5 Å². The molecule has 24 heavy (non-hydrogen) atoms. The van der Waals surface area contributed by atoms with Crippen molar-refractivity contribution in [2.24, 2.45) is 0 Å². The molecule has 0 unspecified atom stereocenters. The van der Waals surface area contributed by atoms with Gasteiger partial charge in [0, 0.05) is 30.1 Å². The third-order valence-corrected chi connectivity index (χ3v) is 4.02. The highest BCUT2D eigenvalue weighted by atomic mass is 16.5. The number of aromatic amines is 1. The minimum Gasteiger partial charge on any atom is -0.454 e. The van der Waals surface area contributed by atoms with Gasteiger partial charge in [0.05, 0.1) is 0 Å². The molecule has 1 aromatic carbocycles. The van der Waals surface area contributed by atoms with Crippen LogP contribution in [0.15, 0.2) is 30.5 Å². The summed E-state index contributed by atoms with van der Waals surface area (Å²) in [6, 6.07) is 7.33. The quantitative estimate of drug-likeness (QED) is 0.677. The molecular formula is C17H19N3O4. The van der Waals surface area contributed by atoms with Gasteiger partial charge in [0.2, 0.25) is 5.91 Å². The van der Waals surface area contributed by atoms with E-state index in [2.05, 4.69) is 15.6 Å². The Morgan fingerprint density at radius 2 is 2.12 bits per heavy atom. The number of carbonyl (C=O) groups is 3. The number of nitrogens with one attached hydrogen (secondary N) is 3. The fourth-order valence-corrected chi connectivity index (χ4v) is 2.75. The zero-order valence-corrected chi connectivity index (χ0v) is 13.1. The Labute approximate surface area is 138 Å². The number of amides is 2. The molecule has 1 aromatic heterocycles. The van der Waals surface area contributed by atoms with E-state index in [4.69, 9.17) is 4.74 Å². The van der Waals surface area contributed by atoms with Crippen molar-refractivity contribution in [2.75, 3.05) is 13.2 Å². The number of carbonyl (C=O) groups excluding carboxylic acids is 3. The summed E-state index contributed by atoms with van der Waals surface area (Å²) in [5.74, 6) is -1.08. The van der Waals surface area contributed by atoms with Crippen molar-refractivity contribution in [3.8, 4) is 0 Å². The molecule has 1 aliphatic heterocycles. The summed E-state index contributed by atoms with van der Waals surface area (Å²) in [6.45, 7) is 0.123. The van der Waals surface area contributed by atoms with Crippen LogP contribution in [0.2, 0.25) is 0 Å². The summed E-state index contributed by atoms with van der Waals surface area (Å²) in [6.07, 6.45) is 3.35. The summed E-state index contributed by atoms with van der Waals surface area (Å²) in [5, 5.41) is 6.36. The van der Waals surface area contributed by atoms with Crippen LogP contribution in [0.1, 0.15) is 18.4 Å². The Morgan fingerprint density at radius 3 is 2.92 bits per heavy atom. The lowest BCUT2D eigenvalue weighted by Crippen LogP contribution is -2.37. The molecule has 0 radical (unpaired) electrons. The van der Waals surface area contributed by atoms with E-state index in [0.29, 0.717) is 25.8 Å². The lowest BCUT2D eigenvalue weighted by atomic mass is 10.1. The summed E-state index contributed by atoms with van der Waals surface area (Å²) < 4.78 is 4.92. The largest absolute Gasteiger partial charge is 0.454 e. The highest BCUT2D eigenvalue weighted by Gasteiger charge is 2.28. The standard InChI is InChI=1S/C17H19N3O4/c21-15-6-5-14(20-15)17(23)24-10-16(22)18-8-7-11-9-19-13-4-2-1-3-12(11)13/h1-4,9,14,19H,5-8,10H2,(H,18,22)(H,20,21)/t14-/m0/s1. The molecule has 0 saturated carbocycles. The SMILES string of the molecule is O=C(COC(=O)[C@@H]1CCC(=O)N1)NCCc1c[nH]c2ccccc12. The number of esters is 1. The van der Waals surface area contributed by atoms with E-state index in [9.17, 15) is 14.4 Å². The van der Waals surface area contributed by atoms with Crippen LogP contribution in [0.25, 0.3) is 10.9 Å². The Hall–Kier alpha value is -2.83. The van der Waals surface area contributed by atoms with E-state index in [1.54, 1.807) is 0 Å². The fraction of sp³-hybridized carbons (Fsp3) is 0.353. The van der Waals surface area contributed by atoms with E-state index in [-0.39, 0.29) is 18.4 Å². The number of ether oxygens (including phenoxy) is 1. The van der Waals surface area contributed by atoms with Crippen molar-refractivity contribution in [3.63, 3.8) is 0 Å². The molecule has 1 fully saturated rings. The molecule has 126 valence electrons. The van der Waals surface area contributed by atoms with E-state index in [1.807, 2.05) is 30.5 Å². The fourth-order valence-electron chi connectivity index (χ4n) is 2.75. The van der Waals surface area contributed by atoms with E-state index in [1.165, 1.54) is 0 Å². The molecular weight excluding hydrogens is 310 g/mol. The Kier molecular flexibility index (Phi) is 4.79. The van der Waals surface area contributed by atoms with Crippen molar-refractivity contribution in [3.05, 3.63) is 36.0 Å². The number of hydrogen-bond donors (Lipinski definition) is 3. The topological polar surface area (TPSA) is 100 Å². The summed E-state index contributed by atoms with van der Waals surface area (Å²) >= 11 is 0. The van der Waals surface area contributed by atoms with Crippen LogP contribution >= 0.6 is 0 Å². The Balaban J connectivity index is 1.40. The average molecular weight is 329 g/mol. The van der Waals surface area contributed by atoms with Crippen LogP contribution in [0, 0.1) is 0 Å². The maximum absolute atomic E-state index is 11.7. The van der Waals surface area contributed by atoms with Gasteiger partial charge in [-0.25, -0.2) is 4.79 Å². The first-order chi connectivity index (χ1) is 11.6. The minimum absolute atomic E-state index is 0.167. The molecule has 7 nitrogen and oxygen atoms in total. The van der Waals surface area contributed by atoms with Gasteiger partial charge in [-0.3, -0.25) is 9.59 Å². The van der Waals surface area contributed by atoms with Gasteiger partial charge >= 0.3 is 5.97 Å². The Morgan fingerprint density at radius 1 is 1.29 bits per heavy atom.